The minimum absolute atomic E-state index is 0.297. The summed E-state index contributed by atoms with van der Waals surface area (Å²) in [5.41, 5.74) is 1.98. The molecule has 1 aromatic heterocycles. The smallest absolute Gasteiger partial charge is 0.265 e. The number of rotatable bonds is 6. The molecule has 1 atom stereocenters. The van der Waals surface area contributed by atoms with Crippen LogP contribution in [0.25, 0.3) is 21.9 Å². The van der Waals surface area contributed by atoms with Gasteiger partial charge in [-0.15, -0.1) is 0 Å². The van der Waals surface area contributed by atoms with Crippen LogP contribution in [0.4, 0.5) is 5.69 Å². The molecule has 4 aromatic rings. The molecule has 0 saturated heterocycles. The number of benzene rings is 3. The monoisotopic (exact) mass is 391 g/mol. The van der Waals surface area contributed by atoms with E-state index in [1.807, 2.05) is 30.3 Å². The molecule has 0 spiro atoms. The van der Waals surface area contributed by atoms with Crippen molar-refractivity contribution in [2.45, 2.75) is 13.0 Å². The number of nitrogens with one attached hydrogen (secondary N) is 1. The zero-order valence-corrected chi connectivity index (χ0v) is 16.4. The number of amides is 1. The highest BCUT2D eigenvalue weighted by Gasteiger charge is 2.19. The fourth-order valence-corrected chi connectivity index (χ4v) is 3.16. The molecule has 0 aliphatic rings. The Hall–Kier alpha value is -3.67. The van der Waals surface area contributed by atoms with Crippen LogP contribution in [-0.4, -0.2) is 26.2 Å². The van der Waals surface area contributed by atoms with Crippen molar-refractivity contribution in [1.29, 1.82) is 0 Å². The van der Waals surface area contributed by atoms with Crippen LogP contribution >= 0.6 is 0 Å². The van der Waals surface area contributed by atoms with Crippen molar-refractivity contribution >= 4 is 33.5 Å². The first-order valence-corrected chi connectivity index (χ1v) is 9.20. The van der Waals surface area contributed by atoms with Crippen LogP contribution in [-0.2, 0) is 4.79 Å². The van der Waals surface area contributed by atoms with Crippen molar-refractivity contribution in [2.75, 3.05) is 19.5 Å². The molecule has 3 aromatic carbocycles. The Labute approximate surface area is 168 Å². The van der Waals surface area contributed by atoms with E-state index in [4.69, 9.17) is 18.6 Å². The van der Waals surface area contributed by atoms with Crippen molar-refractivity contribution in [1.82, 2.24) is 0 Å². The number of hydrogen-bond donors (Lipinski definition) is 1. The molecule has 1 amide bonds. The van der Waals surface area contributed by atoms with Gasteiger partial charge in [0.05, 0.1) is 19.9 Å². The highest BCUT2D eigenvalue weighted by molar-refractivity contribution is 6.08. The predicted molar refractivity (Wildman–Crippen MR) is 112 cm³/mol. The van der Waals surface area contributed by atoms with Gasteiger partial charge in [0, 0.05) is 16.8 Å². The topological polar surface area (TPSA) is 69.9 Å². The van der Waals surface area contributed by atoms with Crippen LogP contribution in [0.2, 0.25) is 0 Å². The molecule has 0 radical (unpaired) electrons. The molecular weight excluding hydrogens is 370 g/mol. The minimum atomic E-state index is -0.709. The van der Waals surface area contributed by atoms with Crippen molar-refractivity contribution < 1.29 is 23.4 Å². The quantitative estimate of drug-likeness (QED) is 0.500. The fraction of sp³-hybridized carbons (Fsp3) is 0.174. The van der Waals surface area contributed by atoms with E-state index in [0.717, 1.165) is 22.1 Å². The Kier molecular flexibility index (Phi) is 4.99. The first kappa shape index (κ1) is 18.7. The molecule has 0 aliphatic carbocycles. The van der Waals surface area contributed by atoms with Gasteiger partial charge in [-0.25, -0.2) is 0 Å². The van der Waals surface area contributed by atoms with Gasteiger partial charge in [-0.2, -0.15) is 0 Å². The van der Waals surface area contributed by atoms with Crippen LogP contribution in [0, 0.1) is 0 Å². The molecule has 6 nitrogen and oxygen atoms in total. The molecule has 29 heavy (non-hydrogen) atoms. The van der Waals surface area contributed by atoms with Gasteiger partial charge in [0.15, 0.2) is 6.10 Å². The summed E-state index contributed by atoms with van der Waals surface area (Å²) in [6.45, 7) is 1.69. The van der Waals surface area contributed by atoms with E-state index in [1.165, 1.54) is 0 Å². The molecular formula is C23H21NO5. The number of para-hydroxylation sites is 1. The van der Waals surface area contributed by atoms with Crippen LogP contribution in [0.15, 0.2) is 65.1 Å². The number of methoxy groups -OCH3 is 2. The second kappa shape index (κ2) is 7.75. The molecule has 0 unspecified atom stereocenters. The third kappa shape index (κ3) is 3.69. The van der Waals surface area contributed by atoms with Gasteiger partial charge in [0.1, 0.15) is 28.4 Å². The summed E-state index contributed by atoms with van der Waals surface area (Å²) < 4.78 is 22.2. The van der Waals surface area contributed by atoms with Gasteiger partial charge in [-0.05, 0) is 43.3 Å². The maximum Gasteiger partial charge on any atom is 0.265 e. The number of carbonyl (C=O) groups excluding carboxylic acids is 1. The number of anilines is 1. The Bertz CT molecular complexity index is 1160. The maximum absolute atomic E-state index is 12.7. The highest BCUT2D eigenvalue weighted by atomic mass is 16.5. The number of ether oxygens (including phenoxy) is 3. The first-order valence-electron chi connectivity index (χ1n) is 9.20. The molecule has 6 heteroatoms. The third-order valence-corrected chi connectivity index (χ3v) is 4.70. The van der Waals surface area contributed by atoms with E-state index in [1.54, 1.807) is 51.5 Å². The largest absolute Gasteiger partial charge is 0.497 e. The standard InChI is InChI=1S/C23H21NO5/c1-14(28-16-10-8-15(26-2)9-11-16)23(25)24-19-13-21-18(12-22(19)27-3)17-6-4-5-7-20(17)29-21/h4-14H,1-3H3,(H,24,25)/t14-/m0/s1. The van der Waals surface area contributed by atoms with Gasteiger partial charge in [0.2, 0.25) is 0 Å². The molecule has 1 N–H and O–H groups in total. The summed E-state index contributed by atoms with van der Waals surface area (Å²) in [5.74, 6) is 1.55. The second-order valence-electron chi connectivity index (χ2n) is 6.57. The lowest BCUT2D eigenvalue weighted by atomic mass is 10.1. The molecule has 0 aliphatic heterocycles. The molecule has 0 fully saturated rings. The van der Waals surface area contributed by atoms with Gasteiger partial charge < -0.3 is 23.9 Å². The van der Waals surface area contributed by atoms with Crippen LogP contribution in [0.3, 0.4) is 0 Å². The minimum Gasteiger partial charge on any atom is -0.497 e. The van der Waals surface area contributed by atoms with Crippen molar-refractivity contribution in [2.24, 2.45) is 0 Å². The fourth-order valence-electron chi connectivity index (χ4n) is 3.16. The highest BCUT2D eigenvalue weighted by Crippen LogP contribution is 2.36. The maximum atomic E-state index is 12.7. The zero-order chi connectivity index (χ0) is 20.4. The van der Waals surface area contributed by atoms with Crippen LogP contribution < -0.4 is 19.5 Å². The van der Waals surface area contributed by atoms with Crippen molar-refractivity contribution in [3.63, 3.8) is 0 Å². The van der Waals surface area contributed by atoms with E-state index >= 15 is 0 Å². The third-order valence-electron chi connectivity index (χ3n) is 4.70. The molecule has 0 saturated carbocycles. The lowest BCUT2D eigenvalue weighted by Crippen LogP contribution is -2.30. The number of fused-ring (bicyclic) bond motifs is 3. The summed E-state index contributed by atoms with van der Waals surface area (Å²) in [5, 5.41) is 4.79. The Morgan fingerprint density at radius 2 is 1.62 bits per heavy atom. The SMILES string of the molecule is COc1ccc(O[C@@H](C)C(=O)Nc2cc3oc4ccccc4c3cc2OC)cc1. The number of furan rings is 1. The lowest BCUT2D eigenvalue weighted by Gasteiger charge is -2.16. The van der Waals surface area contributed by atoms with E-state index in [9.17, 15) is 4.79 Å². The van der Waals surface area contributed by atoms with E-state index in [-0.39, 0.29) is 5.91 Å². The van der Waals surface area contributed by atoms with E-state index < -0.39 is 6.10 Å². The average Bonchev–Trinajstić information content (AvgIpc) is 3.11. The van der Waals surface area contributed by atoms with E-state index in [2.05, 4.69) is 5.32 Å². The first-order chi connectivity index (χ1) is 14.1. The average molecular weight is 391 g/mol. The molecule has 4 rings (SSSR count). The number of carbonyl (C=O) groups is 1. The summed E-state index contributed by atoms with van der Waals surface area (Å²) in [7, 11) is 3.16. The summed E-state index contributed by atoms with van der Waals surface area (Å²) in [6.07, 6.45) is -0.709. The van der Waals surface area contributed by atoms with Crippen LogP contribution in [0.5, 0.6) is 17.2 Å². The molecule has 1 heterocycles. The Morgan fingerprint density at radius 3 is 2.34 bits per heavy atom. The van der Waals surface area contributed by atoms with Crippen molar-refractivity contribution in [3.8, 4) is 17.2 Å². The summed E-state index contributed by atoms with van der Waals surface area (Å²) >= 11 is 0. The van der Waals surface area contributed by atoms with Crippen LogP contribution in [0.1, 0.15) is 6.92 Å². The summed E-state index contributed by atoms with van der Waals surface area (Å²) in [4.78, 5) is 12.7. The van der Waals surface area contributed by atoms with Gasteiger partial charge in [0.25, 0.3) is 5.91 Å². The summed E-state index contributed by atoms with van der Waals surface area (Å²) in [6, 6.07) is 18.5. The van der Waals surface area contributed by atoms with Gasteiger partial charge in [-0.1, -0.05) is 18.2 Å². The molecule has 0 bridgehead atoms. The number of hydrogen-bond acceptors (Lipinski definition) is 5. The van der Waals surface area contributed by atoms with Crippen molar-refractivity contribution in [3.05, 3.63) is 60.7 Å². The Balaban J connectivity index is 1.56. The molecule has 148 valence electrons. The lowest BCUT2D eigenvalue weighted by molar-refractivity contribution is -0.122. The normalized spacial score (nSPS) is 12.0. The van der Waals surface area contributed by atoms with Gasteiger partial charge >= 0.3 is 0 Å². The van der Waals surface area contributed by atoms with E-state index in [0.29, 0.717) is 22.8 Å². The Morgan fingerprint density at radius 1 is 0.897 bits per heavy atom. The predicted octanol–water partition coefficient (Wildman–Crippen LogP) is 5.01. The van der Waals surface area contributed by atoms with Gasteiger partial charge in [-0.3, -0.25) is 4.79 Å². The zero-order valence-electron chi connectivity index (χ0n) is 16.4. The second-order valence-corrected chi connectivity index (χ2v) is 6.57.